The summed E-state index contributed by atoms with van der Waals surface area (Å²) in [6, 6.07) is 4.89. The molecule has 2 aliphatic heterocycles. The third kappa shape index (κ3) is 4.28. The highest BCUT2D eigenvalue weighted by molar-refractivity contribution is 7.89. The first-order valence-corrected chi connectivity index (χ1v) is 10.5. The van der Waals surface area contributed by atoms with Crippen LogP contribution in [0.15, 0.2) is 29.2 Å². The van der Waals surface area contributed by atoms with Crippen molar-refractivity contribution in [1.29, 1.82) is 0 Å². The highest BCUT2D eigenvalue weighted by Crippen LogP contribution is 2.44. The minimum absolute atomic E-state index is 0.00421. The molecule has 1 aromatic rings. The Labute approximate surface area is 163 Å². The lowest BCUT2D eigenvalue weighted by Crippen LogP contribution is -2.45. The fraction of sp³-hybridized carbons (Fsp3) is 0.611. The number of sulfonamides is 1. The third-order valence-corrected chi connectivity index (χ3v) is 7.17. The lowest BCUT2D eigenvalue weighted by atomic mass is 9.76. The number of benzene rings is 1. The highest BCUT2D eigenvalue weighted by Gasteiger charge is 2.51. The van der Waals surface area contributed by atoms with Gasteiger partial charge in [-0.25, -0.2) is 8.42 Å². The number of likely N-dealkylation sites (N-methyl/N-ethyl adjacent to an activating group) is 1. The Hall–Kier alpha value is -1.78. The van der Waals surface area contributed by atoms with Crippen molar-refractivity contribution in [1.82, 2.24) is 9.21 Å². The monoisotopic (exact) mass is 418 g/mol. The summed E-state index contributed by atoms with van der Waals surface area (Å²) in [5.41, 5.74) is -0.623. The third-order valence-electron chi connectivity index (χ3n) is 5.26. The van der Waals surface area contributed by atoms with E-state index in [1.54, 1.807) is 0 Å². The molecule has 10 heteroatoms. The van der Waals surface area contributed by atoms with Gasteiger partial charge in [-0.05, 0) is 51.2 Å². The summed E-state index contributed by atoms with van der Waals surface area (Å²) in [6.45, 7) is -1.91. The van der Waals surface area contributed by atoms with Crippen molar-refractivity contribution in [3.05, 3.63) is 24.3 Å². The number of nitrogens with zero attached hydrogens (tertiary/aromatic N) is 2. The van der Waals surface area contributed by atoms with Crippen LogP contribution in [0.25, 0.3) is 0 Å². The van der Waals surface area contributed by atoms with Gasteiger partial charge in [0.15, 0.2) is 0 Å². The number of piperidine rings is 1. The Balaban J connectivity index is 1.66. The number of alkyl halides is 2. The molecule has 0 radical (unpaired) electrons. The highest BCUT2D eigenvalue weighted by atomic mass is 32.2. The zero-order chi connectivity index (χ0) is 20.5. The smallest absolute Gasteiger partial charge is 0.387 e. The van der Waals surface area contributed by atoms with E-state index in [4.69, 9.17) is 4.74 Å². The average Bonchev–Trinajstić information content (AvgIpc) is 2.89. The Morgan fingerprint density at radius 3 is 2.39 bits per heavy atom. The number of carbonyl (C=O) groups excluding carboxylic acids is 1. The number of cyclic esters (lactones) is 1. The average molecular weight is 418 g/mol. The van der Waals surface area contributed by atoms with Crippen molar-refractivity contribution in [2.75, 3.05) is 33.7 Å². The Morgan fingerprint density at radius 2 is 1.86 bits per heavy atom. The Morgan fingerprint density at radius 1 is 1.25 bits per heavy atom. The minimum atomic E-state index is -3.77. The van der Waals surface area contributed by atoms with E-state index in [1.165, 1.54) is 28.6 Å². The van der Waals surface area contributed by atoms with Crippen molar-refractivity contribution in [2.45, 2.75) is 36.9 Å². The van der Waals surface area contributed by atoms with Crippen LogP contribution in [0.2, 0.25) is 0 Å². The molecule has 7 nitrogen and oxygen atoms in total. The number of rotatable bonds is 6. The molecule has 2 heterocycles. The maximum atomic E-state index is 12.8. The molecule has 0 amide bonds. The van der Waals surface area contributed by atoms with Crippen LogP contribution in [-0.2, 0) is 19.6 Å². The van der Waals surface area contributed by atoms with Crippen LogP contribution in [0, 0.1) is 5.41 Å². The molecule has 0 saturated carbocycles. The molecule has 3 rings (SSSR count). The number of hydrogen-bond acceptors (Lipinski definition) is 6. The molecule has 2 fully saturated rings. The maximum Gasteiger partial charge on any atom is 0.387 e. The number of halogens is 2. The Bertz CT molecular complexity index is 806. The van der Waals surface area contributed by atoms with Gasteiger partial charge in [-0.1, -0.05) is 0 Å². The fourth-order valence-electron chi connectivity index (χ4n) is 3.85. The van der Waals surface area contributed by atoms with Crippen LogP contribution in [0.1, 0.15) is 19.3 Å². The summed E-state index contributed by atoms with van der Waals surface area (Å²) in [5, 5.41) is 0. The molecule has 0 aromatic heterocycles. The second-order valence-electron chi connectivity index (χ2n) is 7.53. The van der Waals surface area contributed by atoms with E-state index in [2.05, 4.69) is 4.74 Å². The van der Waals surface area contributed by atoms with Gasteiger partial charge in [-0.2, -0.15) is 13.1 Å². The molecule has 2 aliphatic rings. The molecule has 1 aromatic carbocycles. The van der Waals surface area contributed by atoms with Gasteiger partial charge >= 0.3 is 12.6 Å². The largest absolute Gasteiger partial charge is 0.461 e. The first-order chi connectivity index (χ1) is 13.1. The molecular weight excluding hydrogens is 394 g/mol. The molecule has 0 aliphatic carbocycles. The summed E-state index contributed by atoms with van der Waals surface area (Å²) in [7, 11) is 0.0432. The molecule has 2 saturated heterocycles. The van der Waals surface area contributed by atoms with Gasteiger partial charge in [0.25, 0.3) is 0 Å². The summed E-state index contributed by atoms with van der Waals surface area (Å²) >= 11 is 0. The minimum Gasteiger partial charge on any atom is -0.461 e. The quantitative estimate of drug-likeness (QED) is 0.658. The Kier molecular flexibility index (Phi) is 5.92. The SMILES string of the molecule is CN(C)CC1CC2(CCN(S(=O)(=O)c3ccc(OC(F)F)cc3)CC2)C(=O)O1. The summed E-state index contributed by atoms with van der Waals surface area (Å²) in [4.78, 5) is 14.4. The molecule has 156 valence electrons. The molecule has 0 N–H and O–H groups in total. The van der Waals surface area contributed by atoms with Gasteiger partial charge < -0.3 is 14.4 Å². The normalized spacial score (nSPS) is 22.8. The van der Waals surface area contributed by atoms with Crippen molar-refractivity contribution < 1.29 is 31.5 Å². The zero-order valence-corrected chi connectivity index (χ0v) is 16.6. The number of carbonyl (C=O) groups is 1. The van der Waals surface area contributed by atoms with E-state index in [-0.39, 0.29) is 35.8 Å². The van der Waals surface area contributed by atoms with Crippen LogP contribution >= 0.6 is 0 Å². The first kappa shape index (κ1) is 20.9. The molecule has 0 bridgehead atoms. The number of hydrogen-bond donors (Lipinski definition) is 0. The molecule has 28 heavy (non-hydrogen) atoms. The standard InChI is InChI=1S/C18H24F2N2O5S/c1-21(2)12-14-11-18(16(23)26-14)7-9-22(10-8-18)28(24,25)15-5-3-13(4-6-15)27-17(19)20/h3-6,14,17H,7-12H2,1-2H3. The zero-order valence-electron chi connectivity index (χ0n) is 15.8. The molecule has 1 unspecified atom stereocenters. The van der Waals surface area contributed by atoms with Crippen LogP contribution < -0.4 is 4.74 Å². The van der Waals surface area contributed by atoms with Gasteiger partial charge in [0.1, 0.15) is 11.9 Å². The van der Waals surface area contributed by atoms with Crippen molar-refractivity contribution in [2.24, 2.45) is 5.41 Å². The second-order valence-corrected chi connectivity index (χ2v) is 9.47. The predicted octanol–water partition coefficient (Wildman–Crippen LogP) is 1.94. The van der Waals surface area contributed by atoms with Crippen LogP contribution in [-0.4, -0.2) is 70.0 Å². The van der Waals surface area contributed by atoms with E-state index in [0.29, 0.717) is 25.8 Å². The van der Waals surface area contributed by atoms with E-state index in [1.807, 2.05) is 19.0 Å². The van der Waals surface area contributed by atoms with Crippen LogP contribution in [0.4, 0.5) is 8.78 Å². The van der Waals surface area contributed by atoms with E-state index in [9.17, 15) is 22.0 Å². The molecular formula is C18H24F2N2O5S. The van der Waals surface area contributed by atoms with Crippen molar-refractivity contribution in [3.63, 3.8) is 0 Å². The van der Waals surface area contributed by atoms with Gasteiger partial charge in [0.05, 0.1) is 10.3 Å². The van der Waals surface area contributed by atoms with E-state index >= 15 is 0 Å². The lowest BCUT2D eigenvalue weighted by Gasteiger charge is -2.35. The van der Waals surface area contributed by atoms with Crippen LogP contribution in [0.5, 0.6) is 5.75 Å². The van der Waals surface area contributed by atoms with Gasteiger partial charge in [0.2, 0.25) is 10.0 Å². The van der Waals surface area contributed by atoms with Crippen molar-refractivity contribution >= 4 is 16.0 Å². The predicted molar refractivity (Wildman–Crippen MR) is 96.6 cm³/mol. The second kappa shape index (κ2) is 7.92. The number of esters is 1. The van der Waals surface area contributed by atoms with Gasteiger partial charge in [-0.15, -0.1) is 0 Å². The number of ether oxygens (including phenoxy) is 2. The van der Waals surface area contributed by atoms with Crippen LogP contribution in [0.3, 0.4) is 0 Å². The molecule has 1 spiro atoms. The fourth-order valence-corrected chi connectivity index (χ4v) is 5.29. The van der Waals surface area contributed by atoms with Gasteiger partial charge in [-0.3, -0.25) is 4.79 Å². The topological polar surface area (TPSA) is 76.2 Å². The van der Waals surface area contributed by atoms with Gasteiger partial charge in [0, 0.05) is 26.1 Å². The van der Waals surface area contributed by atoms with Crippen molar-refractivity contribution in [3.8, 4) is 5.75 Å². The first-order valence-electron chi connectivity index (χ1n) is 9.03. The maximum absolute atomic E-state index is 12.8. The van der Waals surface area contributed by atoms with E-state index < -0.39 is 22.0 Å². The summed E-state index contributed by atoms with van der Waals surface area (Å²) in [5.74, 6) is -0.350. The van der Waals surface area contributed by atoms with E-state index in [0.717, 1.165) is 0 Å². The summed E-state index contributed by atoms with van der Waals surface area (Å²) < 4.78 is 61.2. The summed E-state index contributed by atoms with van der Waals surface area (Å²) in [6.07, 6.45) is 1.23. The molecule has 1 atom stereocenters. The lowest BCUT2D eigenvalue weighted by molar-refractivity contribution is -0.150.